The summed E-state index contributed by atoms with van der Waals surface area (Å²) in [4.78, 5) is -1.29. The van der Waals surface area contributed by atoms with Gasteiger partial charge in [0.2, 0.25) is 0 Å². The van der Waals surface area contributed by atoms with Crippen LogP contribution in [0.4, 0.5) is 26.3 Å². The number of allylic oxidation sites excluding steroid dienone is 2. The Hall–Kier alpha value is -1.98. The van der Waals surface area contributed by atoms with Crippen LogP contribution in [0.2, 0.25) is 0 Å². The molecule has 2 aromatic carbocycles. The lowest BCUT2D eigenvalue weighted by atomic mass is 9.68. The van der Waals surface area contributed by atoms with Crippen molar-refractivity contribution in [2.75, 3.05) is 0 Å². The van der Waals surface area contributed by atoms with Crippen LogP contribution in [0.25, 0.3) is 11.1 Å². The van der Waals surface area contributed by atoms with Crippen LogP contribution in [0.1, 0.15) is 25.0 Å². The van der Waals surface area contributed by atoms with E-state index in [4.69, 9.17) is 0 Å². The normalized spacial score (nSPS) is 29.6. The Morgan fingerprint density at radius 1 is 0.615 bits per heavy atom. The van der Waals surface area contributed by atoms with E-state index in [-0.39, 0.29) is 20.9 Å². The van der Waals surface area contributed by atoms with Gasteiger partial charge >= 0.3 is 17.8 Å². The van der Waals surface area contributed by atoms with E-state index in [0.29, 0.717) is 0 Å². The maximum Gasteiger partial charge on any atom is 0.380 e. The highest BCUT2D eigenvalue weighted by atomic mass is 32.2. The fraction of sp³-hybridized carbons (Fsp3) is 0.304. The van der Waals surface area contributed by atoms with Crippen LogP contribution in [0.5, 0.6) is 0 Å². The summed E-state index contributed by atoms with van der Waals surface area (Å²) >= 11 is 1.56. The first kappa shape index (κ1) is 27.2. The maximum absolute atomic E-state index is 15.5. The molecule has 0 spiro atoms. The summed E-state index contributed by atoms with van der Waals surface area (Å²) in [6.07, 6.45) is 0. The number of rotatable bonds is 2. The van der Waals surface area contributed by atoms with E-state index in [9.17, 15) is 34.7 Å². The Balaban J connectivity index is 1.77. The van der Waals surface area contributed by atoms with Gasteiger partial charge in [-0.15, -0.1) is 23.5 Å². The van der Waals surface area contributed by atoms with Crippen molar-refractivity contribution in [3.8, 4) is 0 Å². The van der Waals surface area contributed by atoms with Crippen molar-refractivity contribution in [3.63, 3.8) is 0 Å². The summed E-state index contributed by atoms with van der Waals surface area (Å²) in [5.41, 5.74) is -4.58. The average Bonchev–Trinajstić information content (AvgIpc) is 3.30. The zero-order valence-electron chi connectivity index (χ0n) is 19.4. The molecule has 2 aromatic rings. The number of hydrogen-bond donors (Lipinski definition) is 2. The lowest BCUT2D eigenvalue weighted by Crippen LogP contribution is -2.47. The Bertz CT molecular complexity index is 1700. The summed E-state index contributed by atoms with van der Waals surface area (Å²) in [5.74, 6) is -16.5. The van der Waals surface area contributed by atoms with Gasteiger partial charge in [0.25, 0.3) is 20.2 Å². The highest BCUT2D eigenvalue weighted by molar-refractivity contribution is 8.06. The Labute approximate surface area is 226 Å². The molecule has 0 radical (unpaired) electrons. The summed E-state index contributed by atoms with van der Waals surface area (Å²) in [7, 11) is -9.53. The molecule has 2 unspecified atom stereocenters. The summed E-state index contributed by atoms with van der Waals surface area (Å²) in [6.45, 7) is 2.74. The van der Waals surface area contributed by atoms with Gasteiger partial charge in [-0.25, -0.2) is 0 Å². The van der Waals surface area contributed by atoms with Crippen LogP contribution in [-0.4, -0.2) is 53.2 Å². The van der Waals surface area contributed by atoms with Gasteiger partial charge in [0.05, 0.1) is 19.3 Å². The average molecular weight is 629 g/mol. The Morgan fingerprint density at radius 3 is 1.26 bits per heavy atom. The molecule has 0 aromatic heterocycles. The molecule has 1 saturated carbocycles. The third-order valence-electron chi connectivity index (χ3n) is 7.70. The first-order valence-corrected chi connectivity index (χ1v) is 15.4. The highest BCUT2D eigenvalue weighted by Crippen LogP contribution is 2.78. The van der Waals surface area contributed by atoms with Crippen LogP contribution in [-0.2, 0) is 20.2 Å². The predicted molar refractivity (Wildman–Crippen MR) is 130 cm³/mol. The fourth-order valence-electron chi connectivity index (χ4n) is 5.77. The van der Waals surface area contributed by atoms with E-state index in [0.717, 1.165) is 59.9 Å². The SMILES string of the molecule is CC12Sc3cc(S(=O)(=O)O)ccc3C1=C1C(=C3c4ccc(S(=O)(=O)O)cc4SC32C)C(F)(F)C(F)(F)C1(F)F. The van der Waals surface area contributed by atoms with E-state index >= 15 is 17.6 Å². The van der Waals surface area contributed by atoms with Gasteiger partial charge in [-0.3, -0.25) is 9.11 Å². The van der Waals surface area contributed by atoms with Crippen LogP contribution >= 0.6 is 23.5 Å². The zero-order valence-corrected chi connectivity index (χ0v) is 22.7. The summed E-state index contributed by atoms with van der Waals surface area (Å²) < 4.78 is 154. The quantitative estimate of drug-likeness (QED) is 0.306. The third-order valence-corrected chi connectivity index (χ3v) is 12.7. The zero-order chi connectivity index (χ0) is 28.9. The standard InChI is InChI=1S/C23H14F6O6S4/c1-19-15(11-5-3-9(38(30,31)32)7-13(11)36-19)17-18(22(26,27)23(28,29)21(17,24)25)16-12-6-4-10(39(33,34)35)8-14(12)37-20(16,19)2/h3-8H,1-2H3,(H,30,31,32)(H,33,34,35). The minimum absolute atomic E-state index is 0.0264. The topological polar surface area (TPSA) is 109 Å². The number of hydrogen-bond acceptors (Lipinski definition) is 6. The number of alkyl halides is 6. The minimum atomic E-state index is -5.83. The second kappa shape index (κ2) is 7.26. The second-order valence-corrected chi connectivity index (χ2v) is 15.5. The molecule has 208 valence electrons. The monoisotopic (exact) mass is 628 g/mol. The largest absolute Gasteiger partial charge is 0.380 e. The van der Waals surface area contributed by atoms with E-state index in [1.54, 1.807) is 0 Å². The molecule has 2 aliphatic carbocycles. The van der Waals surface area contributed by atoms with Crippen molar-refractivity contribution in [2.24, 2.45) is 0 Å². The number of fused-ring (bicyclic) bond motifs is 8. The van der Waals surface area contributed by atoms with Crippen LogP contribution in [0, 0.1) is 0 Å². The first-order chi connectivity index (χ1) is 17.6. The van der Waals surface area contributed by atoms with Gasteiger partial charge in [-0.1, -0.05) is 12.1 Å². The van der Waals surface area contributed by atoms with Crippen LogP contribution in [0.3, 0.4) is 0 Å². The Morgan fingerprint density at radius 2 is 0.949 bits per heavy atom. The first-order valence-electron chi connectivity index (χ1n) is 10.9. The molecule has 2 heterocycles. The van der Waals surface area contributed by atoms with Gasteiger partial charge in [0.1, 0.15) is 0 Å². The van der Waals surface area contributed by atoms with Crippen molar-refractivity contribution in [1.82, 2.24) is 0 Å². The van der Waals surface area contributed by atoms with E-state index < -0.39 is 79.6 Å². The van der Waals surface area contributed by atoms with Gasteiger partial charge < -0.3 is 0 Å². The molecule has 2 atom stereocenters. The molecule has 0 bridgehead atoms. The molecule has 6 nitrogen and oxygen atoms in total. The summed E-state index contributed by atoms with van der Waals surface area (Å²) in [5, 5.41) is 0. The third kappa shape index (κ3) is 3.04. The van der Waals surface area contributed by atoms with E-state index in [1.807, 2.05) is 0 Å². The van der Waals surface area contributed by atoms with Gasteiger partial charge in [0, 0.05) is 20.9 Å². The molecule has 6 rings (SSSR count). The molecule has 2 aliphatic heterocycles. The smallest absolute Gasteiger partial charge is 0.282 e. The molecule has 0 amide bonds. The van der Waals surface area contributed by atoms with Gasteiger partial charge in [-0.2, -0.15) is 43.2 Å². The van der Waals surface area contributed by atoms with Gasteiger partial charge in [0.15, 0.2) is 0 Å². The number of thioether (sulfide) groups is 2. The molecular formula is C23H14F6O6S4. The molecule has 2 N–H and O–H groups in total. The van der Waals surface area contributed by atoms with Crippen molar-refractivity contribution in [2.45, 2.75) is 60.7 Å². The fourth-order valence-corrected chi connectivity index (χ4v) is 10.2. The highest BCUT2D eigenvalue weighted by Gasteiger charge is 2.84. The number of halogens is 6. The van der Waals surface area contributed by atoms with Crippen molar-refractivity contribution < 1.29 is 52.3 Å². The molecule has 4 aliphatic rings. The van der Waals surface area contributed by atoms with Gasteiger partial charge in [-0.05, 0) is 60.4 Å². The van der Waals surface area contributed by atoms with Crippen LogP contribution in [0.15, 0.2) is 67.1 Å². The molecule has 0 saturated heterocycles. The minimum Gasteiger partial charge on any atom is -0.282 e. The number of benzene rings is 2. The van der Waals surface area contributed by atoms with Crippen LogP contribution < -0.4 is 0 Å². The molecule has 16 heteroatoms. The predicted octanol–water partition coefficient (Wildman–Crippen LogP) is 6.05. The van der Waals surface area contributed by atoms with Crippen molar-refractivity contribution in [3.05, 3.63) is 58.7 Å². The lowest BCUT2D eigenvalue weighted by Gasteiger charge is -2.47. The molecular weight excluding hydrogens is 615 g/mol. The van der Waals surface area contributed by atoms with Crippen molar-refractivity contribution >= 4 is 54.9 Å². The molecule has 1 fully saturated rings. The molecule has 39 heavy (non-hydrogen) atoms. The second-order valence-electron chi connectivity index (χ2n) is 9.76. The van der Waals surface area contributed by atoms with E-state index in [2.05, 4.69) is 0 Å². The summed E-state index contributed by atoms with van der Waals surface area (Å²) in [6, 6.07) is 5.60. The lowest BCUT2D eigenvalue weighted by molar-refractivity contribution is -0.257. The maximum atomic E-state index is 15.5. The van der Waals surface area contributed by atoms with E-state index in [1.165, 1.54) is 13.8 Å². The van der Waals surface area contributed by atoms with Crippen molar-refractivity contribution in [1.29, 1.82) is 0 Å². The Kier molecular flexibility index (Phi) is 5.06.